The molecule has 2 heteroatoms. The van der Waals surface area contributed by atoms with Crippen LogP contribution in [0.4, 0.5) is 0 Å². The van der Waals surface area contributed by atoms with Crippen molar-refractivity contribution in [1.29, 1.82) is 0 Å². The monoisotopic (exact) mass is 241 g/mol. The minimum atomic E-state index is -0.0376. The van der Waals surface area contributed by atoms with E-state index >= 15 is 0 Å². The molecule has 0 amide bonds. The lowest BCUT2D eigenvalue weighted by molar-refractivity contribution is -0.143. The number of rotatable bonds is 12. The fourth-order valence-corrected chi connectivity index (χ4v) is 1.76. The summed E-state index contributed by atoms with van der Waals surface area (Å²) in [5, 5.41) is 0. The van der Waals surface area contributed by atoms with E-state index in [4.69, 9.17) is 4.74 Å². The zero-order valence-electron chi connectivity index (χ0n) is 11.5. The summed E-state index contributed by atoms with van der Waals surface area (Å²) >= 11 is 0. The molecule has 0 spiro atoms. The summed E-state index contributed by atoms with van der Waals surface area (Å²) in [5.74, 6) is -0.0376. The number of ether oxygens (including phenoxy) is 1. The van der Waals surface area contributed by atoms with Gasteiger partial charge in [-0.25, -0.2) is 0 Å². The summed E-state index contributed by atoms with van der Waals surface area (Å²) in [7, 11) is 0. The molecule has 0 heterocycles. The number of carbonyl (C=O) groups is 1. The van der Waals surface area contributed by atoms with E-state index in [0.717, 1.165) is 25.7 Å². The molecule has 1 radical (unpaired) electrons. The van der Waals surface area contributed by atoms with Gasteiger partial charge in [0.25, 0.3) is 0 Å². The van der Waals surface area contributed by atoms with Crippen molar-refractivity contribution in [2.24, 2.45) is 0 Å². The van der Waals surface area contributed by atoms with Gasteiger partial charge in [-0.05, 0) is 12.8 Å². The average molecular weight is 241 g/mol. The van der Waals surface area contributed by atoms with E-state index in [-0.39, 0.29) is 5.97 Å². The van der Waals surface area contributed by atoms with E-state index < -0.39 is 0 Å². The molecule has 0 bridgehead atoms. The summed E-state index contributed by atoms with van der Waals surface area (Å²) in [6.45, 7) is 6.59. The topological polar surface area (TPSA) is 26.3 Å². The lowest BCUT2D eigenvalue weighted by Gasteiger charge is -2.04. The molecule has 0 fully saturated rings. The summed E-state index contributed by atoms with van der Waals surface area (Å²) in [6.07, 6.45) is 12.2. The second-order valence-electron chi connectivity index (χ2n) is 4.65. The van der Waals surface area contributed by atoms with Gasteiger partial charge >= 0.3 is 5.97 Å². The predicted octanol–water partition coefficient (Wildman–Crippen LogP) is 4.67. The van der Waals surface area contributed by atoms with E-state index in [1.807, 2.05) is 0 Å². The van der Waals surface area contributed by atoms with Crippen LogP contribution in [0.5, 0.6) is 0 Å². The molecule has 0 aliphatic heterocycles. The van der Waals surface area contributed by atoms with Crippen LogP contribution in [-0.4, -0.2) is 12.6 Å². The Morgan fingerprint density at radius 1 is 0.941 bits per heavy atom. The van der Waals surface area contributed by atoms with Crippen molar-refractivity contribution in [2.45, 2.75) is 77.6 Å². The Hall–Kier alpha value is -0.530. The van der Waals surface area contributed by atoms with Gasteiger partial charge in [-0.1, -0.05) is 65.2 Å². The summed E-state index contributed by atoms with van der Waals surface area (Å²) < 4.78 is 5.16. The summed E-state index contributed by atoms with van der Waals surface area (Å²) in [5.41, 5.74) is 0. The normalized spacial score (nSPS) is 10.5. The number of unbranched alkanes of at least 4 members (excludes halogenated alkanes) is 8. The smallest absolute Gasteiger partial charge is 0.305 e. The Morgan fingerprint density at radius 2 is 1.59 bits per heavy atom. The number of hydrogen-bond acceptors (Lipinski definition) is 2. The minimum Gasteiger partial charge on any atom is -0.466 e. The average Bonchev–Trinajstić information content (AvgIpc) is 2.33. The number of hydrogen-bond donors (Lipinski definition) is 0. The third-order valence-corrected chi connectivity index (χ3v) is 2.89. The highest BCUT2D eigenvalue weighted by atomic mass is 16.5. The van der Waals surface area contributed by atoms with Gasteiger partial charge in [0.05, 0.1) is 6.61 Å². The Balaban J connectivity index is 3.08. The quantitative estimate of drug-likeness (QED) is 0.366. The Labute approximate surface area is 107 Å². The van der Waals surface area contributed by atoms with Crippen molar-refractivity contribution >= 4 is 5.97 Å². The maximum atomic E-state index is 11.2. The van der Waals surface area contributed by atoms with Crippen molar-refractivity contribution in [1.82, 2.24) is 0 Å². The van der Waals surface area contributed by atoms with Gasteiger partial charge in [-0.3, -0.25) is 4.79 Å². The standard InChI is InChI=1S/C15H29O2/c1-3-5-7-8-9-10-12-14-17-15(16)13-11-6-4-2/h2-14H2,1H3. The Bertz CT molecular complexity index is 166. The Kier molecular flexibility index (Phi) is 13.1. The maximum Gasteiger partial charge on any atom is 0.305 e. The first kappa shape index (κ1) is 16.5. The summed E-state index contributed by atoms with van der Waals surface area (Å²) in [6, 6.07) is 0. The second kappa shape index (κ2) is 13.5. The molecule has 0 atom stereocenters. The number of esters is 1. The van der Waals surface area contributed by atoms with Crippen LogP contribution in [0.3, 0.4) is 0 Å². The first-order valence-electron chi connectivity index (χ1n) is 7.26. The van der Waals surface area contributed by atoms with Gasteiger partial charge in [0.15, 0.2) is 0 Å². The molecule has 17 heavy (non-hydrogen) atoms. The van der Waals surface area contributed by atoms with Crippen molar-refractivity contribution < 1.29 is 9.53 Å². The van der Waals surface area contributed by atoms with Crippen LogP contribution in [0.15, 0.2) is 0 Å². The predicted molar refractivity (Wildman–Crippen MR) is 72.8 cm³/mol. The molecule has 0 aliphatic rings. The molecule has 0 saturated carbocycles. The van der Waals surface area contributed by atoms with Crippen molar-refractivity contribution in [3.63, 3.8) is 0 Å². The van der Waals surface area contributed by atoms with Crippen LogP contribution in [0.1, 0.15) is 77.6 Å². The molecule has 0 aromatic rings. The molecule has 0 aromatic heterocycles. The van der Waals surface area contributed by atoms with Crippen LogP contribution in [0.25, 0.3) is 0 Å². The SMILES string of the molecule is [CH2]CCCCC(=O)OCCCCCCCCC. The largest absolute Gasteiger partial charge is 0.466 e. The van der Waals surface area contributed by atoms with Gasteiger partial charge in [0.2, 0.25) is 0 Å². The minimum absolute atomic E-state index is 0.0376. The molecule has 0 saturated heterocycles. The fraction of sp³-hybridized carbons (Fsp3) is 0.867. The molecular formula is C15H29O2. The molecule has 0 aromatic carbocycles. The third-order valence-electron chi connectivity index (χ3n) is 2.89. The molecular weight excluding hydrogens is 212 g/mol. The van der Waals surface area contributed by atoms with Crippen LogP contribution in [-0.2, 0) is 9.53 Å². The Morgan fingerprint density at radius 3 is 2.24 bits per heavy atom. The highest BCUT2D eigenvalue weighted by Gasteiger charge is 2.01. The van der Waals surface area contributed by atoms with Crippen LogP contribution in [0.2, 0.25) is 0 Å². The summed E-state index contributed by atoms with van der Waals surface area (Å²) in [4.78, 5) is 11.2. The molecule has 0 aliphatic carbocycles. The van der Waals surface area contributed by atoms with Crippen molar-refractivity contribution in [3.8, 4) is 0 Å². The van der Waals surface area contributed by atoms with E-state index in [2.05, 4.69) is 13.8 Å². The molecule has 0 unspecified atom stereocenters. The van der Waals surface area contributed by atoms with Gasteiger partial charge in [0, 0.05) is 6.42 Å². The highest BCUT2D eigenvalue weighted by molar-refractivity contribution is 5.69. The molecule has 0 N–H and O–H groups in total. The lowest BCUT2D eigenvalue weighted by Crippen LogP contribution is -2.05. The van der Waals surface area contributed by atoms with Crippen molar-refractivity contribution in [2.75, 3.05) is 6.61 Å². The highest BCUT2D eigenvalue weighted by Crippen LogP contribution is 2.07. The van der Waals surface area contributed by atoms with Crippen LogP contribution < -0.4 is 0 Å². The molecule has 2 nitrogen and oxygen atoms in total. The third kappa shape index (κ3) is 13.4. The van der Waals surface area contributed by atoms with Crippen LogP contribution in [0, 0.1) is 6.92 Å². The maximum absolute atomic E-state index is 11.2. The van der Waals surface area contributed by atoms with Crippen LogP contribution >= 0.6 is 0 Å². The lowest BCUT2D eigenvalue weighted by atomic mass is 10.1. The zero-order chi connectivity index (χ0) is 12.8. The zero-order valence-corrected chi connectivity index (χ0v) is 11.5. The first-order chi connectivity index (χ1) is 8.31. The van der Waals surface area contributed by atoms with E-state index in [1.165, 1.54) is 38.5 Å². The van der Waals surface area contributed by atoms with E-state index in [1.54, 1.807) is 0 Å². The second-order valence-corrected chi connectivity index (χ2v) is 4.65. The van der Waals surface area contributed by atoms with E-state index in [0.29, 0.717) is 13.0 Å². The fourth-order valence-electron chi connectivity index (χ4n) is 1.76. The first-order valence-corrected chi connectivity index (χ1v) is 7.26. The number of carbonyl (C=O) groups excluding carboxylic acids is 1. The van der Waals surface area contributed by atoms with Gasteiger partial charge in [0.1, 0.15) is 0 Å². The van der Waals surface area contributed by atoms with Gasteiger partial charge in [-0.2, -0.15) is 0 Å². The van der Waals surface area contributed by atoms with E-state index in [9.17, 15) is 4.79 Å². The van der Waals surface area contributed by atoms with Gasteiger partial charge < -0.3 is 4.74 Å². The van der Waals surface area contributed by atoms with Gasteiger partial charge in [-0.15, -0.1) is 0 Å². The molecule has 101 valence electrons. The van der Waals surface area contributed by atoms with Crippen molar-refractivity contribution in [3.05, 3.63) is 6.92 Å². The molecule has 0 rings (SSSR count).